The third-order valence-corrected chi connectivity index (χ3v) is 4.02. The van der Waals surface area contributed by atoms with Gasteiger partial charge in [-0.2, -0.15) is 0 Å². The molecular weight excluding hydrogens is 154 g/mol. The average Bonchev–Trinajstić information content (AvgIpc) is 1.99. The molecule has 0 bridgehead atoms. The van der Waals surface area contributed by atoms with E-state index in [4.69, 9.17) is 4.43 Å². The van der Waals surface area contributed by atoms with E-state index in [1.54, 1.807) is 0 Å². The van der Waals surface area contributed by atoms with Crippen LogP contribution < -0.4 is 5.32 Å². The molecule has 0 aromatic rings. The van der Waals surface area contributed by atoms with Crippen molar-refractivity contribution in [2.45, 2.75) is 32.9 Å². The number of hydrogen-bond acceptors (Lipinski definition) is 2. The minimum absolute atomic E-state index is 1.07. The number of hydrogen-bond donors (Lipinski definition) is 1. The predicted octanol–water partition coefficient (Wildman–Crippen LogP) is 1.77. The van der Waals surface area contributed by atoms with Crippen molar-refractivity contribution in [1.82, 2.24) is 5.32 Å². The van der Waals surface area contributed by atoms with Crippen LogP contribution >= 0.6 is 0 Å². The molecule has 0 aromatic heterocycles. The summed E-state index contributed by atoms with van der Waals surface area (Å²) >= 11 is 0. The fourth-order valence-electron chi connectivity index (χ4n) is 0.763. The highest BCUT2D eigenvalue weighted by atomic mass is 28.4. The van der Waals surface area contributed by atoms with Gasteiger partial charge in [0.05, 0.1) is 0 Å². The molecule has 1 N–H and O–H groups in total. The molecule has 0 radical (unpaired) electrons. The van der Waals surface area contributed by atoms with Gasteiger partial charge in [0.2, 0.25) is 0 Å². The number of rotatable bonds is 6. The lowest BCUT2D eigenvalue weighted by Crippen LogP contribution is -2.42. The SMILES string of the molecule is CCCCNC[Si](C)(C)OC. The third kappa shape index (κ3) is 6.53. The van der Waals surface area contributed by atoms with Gasteiger partial charge in [0.25, 0.3) is 0 Å². The van der Waals surface area contributed by atoms with Crippen LogP contribution in [0.3, 0.4) is 0 Å². The van der Waals surface area contributed by atoms with Crippen molar-refractivity contribution >= 4 is 8.32 Å². The van der Waals surface area contributed by atoms with Gasteiger partial charge in [0.1, 0.15) is 0 Å². The zero-order chi connectivity index (χ0) is 8.74. The van der Waals surface area contributed by atoms with Crippen molar-refractivity contribution in [2.24, 2.45) is 0 Å². The fraction of sp³-hybridized carbons (Fsp3) is 1.00. The van der Waals surface area contributed by atoms with Gasteiger partial charge in [-0.15, -0.1) is 0 Å². The van der Waals surface area contributed by atoms with Gasteiger partial charge >= 0.3 is 0 Å². The Labute approximate surface area is 71.5 Å². The van der Waals surface area contributed by atoms with Crippen molar-refractivity contribution in [3.63, 3.8) is 0 Å². The molecule has 0 unspecified atom stereocenters. The van der Waals surface area contributed by atoms with Crippen LogP contribution in [0.1, 0.15) is 19.8 Å². The van der Waals surface area contributed by atoms with E-state index in [9.17, 15) is 0 Å². The fourth-order valence-corrected chi connectivity index (χ4v) is 1.69. The van der Waals surface area contributed by atoms with E-state index >= 15 is 0 Å². The summed E-state index contributed by atoms with van der Waals surface area (Å²) in [6.07, 6.45) is 3.61. The summed E-state index contributed by atoms with van der Waals surface area (Å²) < 4.78 is 5.39. The van der Waals surface area contributed by atoms with Crippen LogP contribution in [0, 0.1) is 0 Å². The molecule has 0 saturated heterocycles. The summed E-state index contributed by atoms with van der Waals surface area (Å²) in [4.78, 5) is 0. The minimum Gasteiger partial charge on any atom is -0.419 e. The maximum absolute atomic E-state index is 5.39. The van der Waals surface area contributed by atoms with E-state index in [-0.39, 0.29) is 0 Å². The molecule has 0 rings (SSSR count). The normalized spacial score (nSPS) is 12.0. The first-order chi connectivity index (χ1) is 5.12. The first-order valence-corrected chi connectivity index (χ1v) is 7.50. The molecule has 0 fully saturated rings. The van der Waals surface area contributed by atoms with E-state index < -0.39 is 8.32 Å². The molecular formula is C8H21NOSi. The molecule has 68 valence electrons. The molecule has 11 heavy (non-hydrogen) atoms. The van der Waals surface area contributed by atoms with Crippen molar-refractivity contribution in [2.75, 3.05) is 19.8 Å². The van der Waals surface area contributed by atoms with Gasteiger partial charge in [-0.1, -0.05) is 13.3 Å². The van der Waals surface area contributed by atoms with E-state index in [1.165, 1.54) is 12.8 Å². The molecule has 0 saturated carbocycles. The van der Waals surface area contributed by atoms with Crippen LogP contribution in [0.25, 0.3) is 0 Å². The highest BCUT2D eigenvalue weighted by molar-refractivity contribution is 6.71. The van der Waals surface area contributed by atoms with Gasteiger partial charge in [0.15, 0.2) is 8.32 Å². The first kappa shape index (κ1) is 11.1. The highest BCUT2D eigenvalue weighted by Crippen LogP contribution is 1.99. The van der Waals surface area contributed by atoms with Crippen LogP contribution in [-0.4, -0.2) is 28.1 Å². The summed E-state index contributed by atoms with van der Waals surface area (Å²) in [7, 11) is 0.475. The van der Waals surface area contributed by atoms with Crippen molar-refractivity contribution in [3.8, 4) is 0 Å². The first-order valence-electron chi connectivity index (χ1n) is 4.38. The van der Waals surface area contributed by atoms with Crippen molar-refractivity contribution in [1.29, 1.82) is 0 Å². The molecule has 3 heteroatoms. The van der Waals surface area contributed by atoms with Crippen LogP contribution in [0.2, 0.25) is 13.1 Å². The summed E-state index contributed by atoms with van der Waals surface area (Å²) in [5.41, 5.74) is 0. The molecule has 0 aliphatic heterocycles. The standard InChI is InChI=1S/C8H21NOSi/c1-5-6-7-9-8-11(3,4)10-2/h9H,5-8H2,1-4H3. The molecule has 0 heterocycles. The highest BCUT2D eigenvalue weighted by Gasteiger charge is 2.18. The molecule has 0 atom stereocenters. The van der Waals surface area contributed by atoms with Crippen LogP contribution in [0.4, 0.5) is 0 Å². The Bertz CT molecular complexity index is 96.1. The summed E-state index contributed by atoms with van der Waals surface area (Å²) in [5.74, 6) is 0. The maximum atomic E-state index is 5.39. The lowest BCUT2D eigenvalue weighted by Gasteiger charge is -2.20. The summed E-state index contributed by atoms with van der Waals surface area (Å²) in [5, 5.41) is 3.41. The Kier molecular flexibility index (Phi) is 5.82. The smallest absolute Gasteiger partial charge is 0.199 e. The van der Waals surface area contributed by atoms with Crippen molar-refractivity contribution < 1.29 is 4.43 Å². The van der Waals surface area contributed by atoms with Crippen molar-refractivity contribution in [3.05, 3.63) is 0 Å². The molecule has 2 nitrogen and oxygen atoms in total. The quantitative estimate of drug-likeness (QED) is 0.491. The average molecular weight is 175 g/mol. The summed E-state index contributed by atoms with van der Waals surface area (Å²) in [6.45, 7) is 7.80. The molecule has 0 amide bonds. The molecule has 0 spiro atoms. The van der Waals surface area contributed by atoms with E-state index in [0.29, 0.717) is 0 Å². The van der Waals surface area contributed by atoms with E-state index in [0.717, 1.165) is 12.7 Å². The van der Waals surface area contributed by atoms with E-state index in [1.807, 2.05) is 7.11 Å². The molecule has 0 aliphatic rings. The number of unbranched alkanes of at least 4 members (excludes halogenated alkanes) is 1. The molecule has 0 aliphatic carbocycles. The second kappa shape index (κ2) is 5.74. The maximum Gasteiger partial charge on any atom is 0.199 e. The van der Waals surface area contributed by atoms with Crippen LogP contribution in [0.15, 0.2) is 0 Å². The Hall–Kier alpha value is 0.137. The second-order valence-corrected chi connectivity index (χ2v) is 7.78. The lowest BCUT2D eigenvalue weighted by molar-refractivity contribution is 0.399. The number of nitrogens with one attached hydrogen (secondary N) is 1. The predicted molar refractivity (Wildman–Crippen MR) is 52.3 cm³/mol. The lowest BCUT2D eigenvalue weighted by atomic mass is 10.3. The van der Waals surface area contributed by atoms with Gasteiger partial charge < -0.3 is 9.74 Å². The largest absolute Gasteiger partial charge is 0.419 e. The van der Waals surface area contributed by atoms with Gasteiger partial charge in [-0.05, 0) is 26.1 Å². The Morgan fingerprint density at radius 2 is 2.00 bits per heavy atom. The Morgan fingerprint density at radius 3 is 2.45 bits per heavy atom. The van der Waals surface area contributed by atoms with Gasteiger partial charge in [-0.3, -0.25) is 0 Å². The molecule has 0 aromatic carbocycles. The van der Waals surface area contributed by atoms with Crippen LogP contribution in [-0.2, 0) is 4.43 Å². The monoisotopic (exact) mass is 175 g/mol. The van der Waals surface area contributed by atoms with Crippen LogP contribution in [0.5, 0.6) is 0 Å². The van der Waals surface area contributed by atoms with Gasteiger partial charge in [-0.25, -0.2) is 0 Å². The van der Waals surface area contributed by atoms with Gasteiger partial charge in [0, 0.05) is 13.3 Å². The summed E-state index contributed by atoms with van der Waals surface area (Å²) in [6, 6.07) is 0. The van der Waals surface area contributed by atoms with E-state index in [2.05, 4.69) is 25.3 Å². The Balaban J connectivity index is 3.23. The zero-order valence-electron chi connectivity index (χ0n) is 8.24. The third-order valence-electron chi connectivity index (χ3n) is 1.81. The minimum atomic E-state index is -1.34. The second-order valence-electron chi connectivity index (χ2n) is 3.49. The zero-order valence-corrected chi connectivity index (χ0v) is 9.24. The Morgan fingerprint density at radius 1 is 1.36 bits per heavy atom. The topological polar surface area (TPSA) is 21.3 Å².